The molecule has 0 radical (unpaired) electrons. The van der Waals surface area contributed by atoms with Gasteiger partial charge in [0.2, 0.25) is 0 Å². The van der Waals surface area contributed by atoms with Crippen molar-refractivity contribution in [3.63, 3.8) is 0 Å². The summed E-state index contributed by atoms with van der Waals surface area (Å²) in [5, 5.41) is 9.04. The van der Waals surface area contributed by atoms with E-state index in [2.05, 4.69) is 0 Å². The third-order valence-electron chi connectivity index (χ3n) is 2.21. The molecule has 0 unspecified atom stereocenters. The van der Waals surface area contributed by atoms with Crippen LogP contribution in [0, 0.1) is 0 Å². The zero-order valence-corrected chi connectivity index (χ0v) is 10.4. The van der Waals surface area contributed by atoms with Gasteiger partial charge in [-0.05, 0) is 12.1 Å². The number of halogens is 1. The molecule has 0 aliphatic rings. The molecule has 4 nitrogen and oxygen atoms in total. The molecule has 0 amide bonds. The van der Waals surface area contributed by atoms with Crippen LogP contribution >= 0.6 is 11.6 Å². The Hall–Kier alpha value is -1.68. The van der Waals surface area contributed by atoms with E-state index in [0.29, 0.717) is 17.3 Å². The third kappa shape index (κ3) is 4.00. The van der Waals surface area contributed by atoms with Crippen LogP contribution in [0.4, 0.5) is 5.69 Å². The highest BCUT2D eigenvalue weighted by Gasteiger charge is 2.05. The second-order valence-corrected chi connectivity index (χ2v) is 3.85. The second kappa shape index (κ2) is 6.15. The molecule has 0 bridgehead atoms. The summed E-state index contributed by atoms with van der Waals surface area (Å²) in [4.78, 5) is 12.2. The normalized spacial score (nSPS) is 10.5. The summed E-state index contributed by atoms with van der Waals surface area (Å²) < 4.78 is 5.05. The number of hydrogen-bond acceptors (Lipinski definition) is 3. The quantitative estimate of drug-likeness (QED) is 0.821. The predicted molar refractivity (Wildman–Crippen MR) is 68.0 cm³/mol. The Morgan fingerprint density at radius 3 is 2.82 bits per heavy atom. The molecule has 0 heterocycles. The molecule has 17 heavy (non-hydrogen) atoms. The van der Waals surface area contributed by atoms with Gasteiger partial charge in [0, 0.05) is 25.7 Å². The highest BCUT2D eigenvalue weighted by Crippen LogP contribution is 2.28. The van der Waals surface area contributed by atoms with Gasteiger partial charge in [-0.15, -0.1) is 0 Å². The average Bonchev–Trinajstić information content (AvgIpc) is 2.28. The summed E-state index contributed by atoms with van der Waals surface area (Å²) in [5.41, 5.74) is 0.822. The number of aliphatic carboxylic acids is 1. The molecule has 0 saturated heterocycles. The van der Waals surface area contributed by atoms with Crippen molar-refractivity contribution >= 4 is 23.3 Å². The number of anilines is 1. The van der Waals surface area contributed by atoms with Gasteiger partial charge in [0.1, 0.15) is 5.75 Å². The molecular weight excluding hydrogens is 242 g/mol. The molecule has 0 saturated carbocycles. The van der Waals surface area contributed by atoms with E-state index >= 15 is 0 Å². The molecule has 0 fully saturated rings. The molecule has 0 atom stereocenters. The maximum Gasteiger partial charge on any atom is 0.328 e. The second-order valence-electron chi connectivity index (χ2n) is 3.44. The van der Waals surface area contributed by atoms with Crippen molar-refractivity contribution in [3.8, 4) is 5.75 Å². The zero-order chi connectivity index (χ0) is 12.8. The van der Waals surface area contributed by atoms with Crippen molar-refractivity contribution < 1.29 is 14.6 Å². The van der Waals surface area contributed by atoms with Crippen LogP contribution in [0.5, 0.6) is 5.75 Å². The minimum Gasteiger partial charge on any atom is -0.497 e. The minimum absolute atomic E-state index is 0.471. The van der Waals surface area contributed by atoms with Crippen LogP contribution in [0.25, 0.3) is 0 Å². The lowest BCUT2D eigenvalue weighted by Crippen LogP contribution is -2.17. The average molecular weight is 256 g/mol. The number of benzene rings is 1. The van der Waals surface area contributed by atoms with Gasteiger partial charge in [-0.3, -0.25) is 0 Å². The van der Waals surface area contributed by atoms with Crippen LogP contribution in [0.1, 0.15) is 0 Å². The molecule has 1 N–H and O–H groups in total. The predicted octanol–water partition coefficient (Wildman–Crippen LogP) is 2.43. The van der Waals surface area contributed by atoms with Crippen molar-refractivity contribution in [2.24, 2.45) is 0 Å². The zero-order valence-electron chi connectivity index (χ0n) is 9.68. The van der Waals surface area contributed by atoms with E-state index in [-0.39, 0.29) is 0 Å². The molecule has 5 heteroatoms. The van der Waals surface area contributed by atoms with E-state index in [4.69, 9.17) is 21.4 Å². The molecule has 0 aliphatic heterocycles. The first-order valence-corrected chi connectivity index (χ1v) is 5.36. The Morgan fingerprint density at radius 1 is 1.59 bits per heavy atom. The lowest BCUT2D eigenvalue weighted by molar-refractivity contribution is -0.131. The highest BCUT2D eigenvalue weighted by atomic mass is 35.5. The van der Waals surface area contributed by atoms with Gasteiger partial charge in [-0.25, -0.2) is 4.79 Å². The van der Waals surface area contributed by atoms with Crippen LogP contribution in [-0.2, 0) is 4.79 Å². The highest BCUT2D eigenvalue weighted by molar-refractivity contribution is 6.33. The standard InChI is InChI=1S/C12H14ClNO3/c1-14(7-3-4-12(15)16)11-6-5-9(17-2)8-10(11)13/h3-6,8H,7H2,1-2H3,(H,15,16)/b4-3+. The summed E-state index contributed by atoms with van der Waals surface area (Å²) in [7, 11) is 3.41. The molecule has 1 rings (SSSR count). The SMILES string of the molecule is COc1ccc(N(C)C/C=C/C(=O)O)c(Cl)c1. The summed E-state index contributed by atoms with van der Waals surface area (Å²) >= 11 is 6.08. The van der Waals surface area contributed by atoms with Crippen molar-refractivity contribution in [2.75, 3.05) is 25.6 Å². The number of carboxylic acids is 1. The third-order valence-corrected chi connectivity index (χ3v) is 2.51. The van der Waals surface area contributed by atoms with Crippen LogP contribution in [-0.4, -0.2) is 31.8 Å². The Bertz CT molecular complexity index is 432. The van der Waals surface area contributed by atoms with E-state index in [0.717, 1.165) is 11.8 Å². The topological polar surface area (TPSA) is 49.8 Å². The van der Waals surface area contributed by atoms with E-state index < -0.39 is 5.97 Å². The van der Waals surface area contributed by atoms with E-state index in [1.807, 2.05) is 18.0 Å². The molecule has 1 aromatic carbocycles. The van der Waals surface area contributed by atoms with Gasteiger partial charge >= 0.3 is 5.97 Å². The minimum atomic E-state index is -0.959. The number of carbonyl (C=O) groups is 1. The summed E-state index contributed by atoms with van der Waals surface area (Å²) in [6, 6.07) is 5.35. The van der Waals surface area contributed by atoms with E-state index in [1.165, 1.54) is 0 Å². The Morgan fingerprint density at radius 2 is 2.29 bits per heavy atom. The number of likely N-dealkylation sites (N-methyl/N-ethyl adjacent to an activating group) is 1. The van der Waals surface area contributed by atoms with E-state index in [1.54, 1.807) is 25.3 Å². The molecule has 0 spiro atoms. The number of hydrogen-bond donors (Lipinski definition) is 1. The Kier molecular flexibility index (Phi) is 4.84. The van der Waals surface area contributed by atoms with Crippen LogP contribution in [0.3, 0.4) is 0 Å². The molecule has 92 valence electrons. The molecule has 1 aromatic rings. The van der Waals surface area contributed by atoms with Gasteiger partial charge in [-0.2, -0.15) is 0 Å². The lowest BCUT2D eigenvalue weighted by atomic mass is 10.2. The molecule has 0 aliphatic carbocycles. The van der Waals surface area contributed by atoms with Crippen molar-refractivity contribution in [3.05, 3.63) is 35.4 Å². The summed E-state index contributed by atoms with van der Waals surface area (Å²) in [5.74, 6) is -0.271. The fourth-order valence-corrected chi connectivity index (χ4v) is 1.65. The van der Waals surface area contributed by atoms with Crippen LogP contribution in [0.2, 0.25) is 5.02 Å². The summed E-state index contributed by atoms with van der Waals surface area (Å²) in [6.07, 6.45) is 2.66. The fourth-order valence-electron chi connectivity index (χ4n) is 1.33. The maximum absolute atomic E-state index is 10.3. The van der Waals surface area contributed by atoms with Gasteiger partial charge < -0.3 is 14.7 Å². The number of carboxylic acid groups (broad SMARTS) is 1. The first-order chi connectivity index (χ1) is 8.04. The Balaban J connectivity index is 2.75. The van der Waals surface area contributed by atoms with E-state index in [9.17, 15) is 4.79 Å². The smallest absolute Gasteiger partial charge is 0.328 e. The monoisotopic (exact) mass is 255 g/mol. The van der Waals surface area contributed by atoms with Crippen molar-refractivity contribution in [1.82, 2.24) is 0 Å². The number of rotatable bonds is 5. The van der Waals surface area contributed by atoms with Gasteiger partial charge in [0.15, 0.2) is 0 Å². The van der Waals surface area contributed by atoms with Gasteiger partial charge in [0.25, 0.3) is 0 Å². The van der Waals surface area contributed by atoms with Gasteiger partial charge in [0.05, 0.1) is 17.8 Å². The first-order valence-electron chi connectivity index (χ1n) is 4.98. The van der Waals surface area contributed by atoms with Gasteiger partial charge in [-0.1, -0.05) is 17.7 Å². The largest absolute Gasteiger partial charge is 0.497 e. The first kappa shape index (κ1) is 13.4. The van der Waals surface area contributed by atoms with Crippen molar-refractivity contribution in [1.29, 1.82) is 0 Å². The summed E-state index contributed by atoms with van der Waals surface area (Å²) in [6.45, 7) is 0.471. The number of nitrogens with zero attached hydrogens (tertiary/aromatic N) is 1. The lowest BCUT2D eigenvalue weighted by Gasteiger charge is -2.19. The number of ether oxygens (including phenoxy) is 1. The number of methoxy groups -OCH3 is 1. The van der Waals surface area contributed by atoms with Crippen molar-refractivity contribution in [2.45, 2.75) is 0 Å². The maximum atomic E-state index is 10.3. The fraction of sp³-hybridized carbons (Fsp3) is 0.250. The Labute approximate surface area is 105 Å². The van der Waals surface area contributed by atoms with Crippen LogP contribution in [0.15, 0.2) is 30.4 Å². The van der Waals surface area contributed by atoms with Crippen LogP contribution < -0.4 is 9.64 Å². The molecular formula is C12H14ClNO3. The molecule has 0 aromatic heterocycles.